The van der Waals surface area contributed by atoms with Crippen LogP contribution in [0.15, 0.2) is 6.07 Å². The number of rotatable bonds is 4. The number of anilines is 2. The van der Waals surface area contributed by atoms with E-state index in [2.05, 4.69) is 48.4 Å². The topological polar surface area (TPSA) is 75.9 Å². The van der Waals surface area contributed by atoms with Crippen molar-refractivity contribution in [3.63, 3.8) is 0 Å². The monoisotopic (exact) mass is 263 g/mol. The van der Waals surface area contributed by atoms with Crippen molar-refractivity contribution in [2.75, 3.05) is 10.7 Å². The number of nitrogens with zero attached hydrogens (tertiary/aromatic N) is 2. The van der Waals surface area contributed by atoms with Crippen molar-refractivity contribution >= 4 is 11.6 Å². The summed E-state index contributed by atoms with van der Waals surface area (Å²) < 4.78 is 0. The Morgan fingerprint density at radius 3 is 2.53 bits per heavy atom. The quantitative estimate of drug-likeness (QED) is 0.575. The van der Waals surface area contributed by atoms with Gasteiger partial charge in [0, 0.05) is 18.0 Å². The van der Waals surface area contributed by atoms with Crippen molar-refractivity contribution in [3.05, 3.63) is 11.9 Å². The van der Waals surface area contributed by atoms with E-state index in [1.807, 2.05) is 6.07 Å². The molecule has 1 aliphatic carbocycles. The lowest BCUT2D eigenvalue weighted by Crippen LogP contribution is -2.31. The van der Waals surface area contributed by atoms with Crippen molar-refractivity contribution in [1.82, 2.24) is 9.97 Å². The van der Waals surface area contributed by atoms with Crippen molar-refractivity contribution < 1.29 is 0 Å². The highest BCUT2D eigenvalue weighted by atomic mass is 15.3. The molecule has 1 saturated carbocycles. The third-order valence-electron chi connectivity index (χ3n) is 3.99. The molecule has 0 amide bonds. The lowest BCUT2D eigenvalue weighted by atomic mass is 9.87. The summed E-state index contributed by atoms with van der Waals surface area (Å²) in [5, 5.41) is 3.55. The normalized spacial score (nSPS) is 21.7. The molecule has 1 aromatic heterocycles. The van der Waals surface area contributed by atoms with Crippen LogP contribution < -0.4 is 16.6 Å². The first kappa shape index (κ1) is 14.1. The minimum Gasteiger partial charge on any atom is -0.367 e. The van der Waals surface area contributed by atoms with E-state index in [1.165, 1.54) is 19.3 Å². The van der Waals surface area contributed by atoms with Crippen LogP contribution in [0, 0.1) is 5.41 Å². The van der Waals surface area contributed by atoms with Gasteiger partial charge in [0.1, 0.15) is 17.5 Å². The molecule has 0 aliphatic heterocycles. The molecule has 1 heterocycles. The SMILES string of the molecule is CC(C)c1nc(NN)cc(NC2CCCC2(C)C)n1. The number of nitrogen functional groups attached to an aromatic ring is 1. The molecule has 0 aromatic carbocycles. The Bertz CT molecular complexity index is 441. The van der Waals surface area contributed by atoms with E-state index in [0.29, 0.717) is 17.3 Å². The molecule has 1 atom stereocenters. The molecular weight excluding hydrogens is 238 g/mol. The molecule has 0 spiro atoms. The molecule has 4 N–H and O–H groups in total. The zero-order valence-electron chi connectivity index (χ0n) is 12.3. The van der Waals surface area contributed by atoms with Gasteiger partial charge in [0.2, 0.25) is 0 Å². The Balaban J connectivity index is 2.22. The minimum absolute atomic E-state index is 0.283. The second kappa shape index (κ2) is 5.33. The van der Waals surface area contributed by atoms with E-state index in [-0.39, 0.29) is 5.92 Å². The summed E-state index contributed by atoms with van der Waals surface area (Å²) in [6, 6.07) is 2.34. The van der Waals surface area contributed by atoms with E-state index >= 15 is 0 Å². The van der Waals surface area contributed by atoms with Crippen LogP contribution in [0.4, 0.5) is 11.6 Å². The van der Waals surface area contributed by atoms with Crippen LogP contribution in [-0.2, 0) is 0 Å². The van der Waals surface area contributed by atoms with Crippen LogP contribution >= 0.6 is 0 Å². The zero-order chi connectivity index (χ0) is 14.0. The van der Waals surface area contributed by atoms with Gasteiger partial charge in [-0.25, -0.2) is 15.8 Å². The molecule has 19 heavy (non-hydrogen) atoms. The van der Waals surface area contributed by atoms with Gasteiger partial charge in [-0.3, -0.25) is 0 Å². The highest BCUT2D eigenvalue weighted by Crippen LogP contribution is 2.38. The summed E-state index contributed by atoms with van der Waals surface area (Å²) in [6.07, 6.45) is 3.73. The van der Waals surface area contributed by atoms with Gasteiger partial charge < -0.3 is 10.7 Å². The predicted octanol–water partition coefficient (Wildman–Crippen LogP) is 2.88. The van der Waals surface area contributed by atoms with Crippen LogP contribution in [0.3, 0.4) is 0 Å². The standard InChI is InChI=1S/C14H25N5/c1-9(2)13-17-11(8-12(18-13)19-15)16-10-6-5-7-14(10,3)4/h8-10H,5-7,15H2,1-4H3,(H2,16,17,18,19). The number of hydrogen-bond donors (Lipinski definition) is 3. The van der Waals surface area contributed by atoms with Gasteiger partial charge in [0.25, 0.3) is 0 Å². The Morgan fingerprint density at radius 1 is 1.32 bits per heavy atom. The molecule has 1 aliphatic rings. The van der Waals surface area contributed by atoms with E-state index in [4.69, 9.17) is 5.84 Å². The van der Waals surface area contributed by atoms with E-state index in [0.717, 1.165) is 11.6 Å². The van der Waals surface area contributed by atoms with Crippen molar-refractivity contribution in [1.29, 1.82) is 0 Å². The highest BCUT2D eigenvalue weighted by molar-refractivity contribution is 5.48. The first-order valence-corrected chi connectivity index (χ1v) is 7.04. The summed E-state index contributed by atoms with van der Waals surface area (Å²) in [5.74, 6) is 8.11. The third kappa shape index (κ3) is 3.15. The second-order valence-electron chi connectivity index (χ2n) is 6.37. The minimum atomic E-state index is 0.283. The van der Waals surface area contributed by atoms with Crippen LogP contribution in [0.5, 0.6) is 0 Å². The average Bonchev–Trinajstić information content (AvgIpc) is 2.68. The molecule has 5 nitrogen and oxygen atoms in total. The Kier molecular flexibility index (Phi) is 3.94. The molecule has 0 radical (unpaired) electrons. The number of aromatic nitrogens is 2. The molecule has 106 valence electrons. The highest BCUT2D eigenvalue weighted by Gasteiger charge is 2.34. The maximum absolute atomic E-state index is 5.48. The summed E-state index contributed by atoms with van der Waals surface area (Å²) in [6.45, 7) is 8.78. The van der Waals surface area contributed by atoms with E-state index < -0.39 is 0 Å². The van der Waals surface area contributed by atoms with Crippen molar-refractivity contribution in [2.24, 2.45) is 11.3 Å². The second-order valence-corrected chi connectivity index (χ2v) is 6.37. The third-order valence-corrected chi connectivity index (χ3v) is 3.99. The van der Waals surface area contributed by atoms with Gasteiger partial charge in [-0.15, -0.1) is 0 Å². The van der Waals surface area contributed by atoms with Gasteiger partial charge in [0.05, 0.1) is 0 Å². The fraction of sp³-hybridized carbons (Fsp3) is 0.714. The van der Waals surface area contributed by atoms with Gasteiger partial charge in [-0.2, -0.15) is 0 Å². The van der Waals surface area contributed by atoms with Gasteiger partial charge in [0.15, 0.2) is 0 Å². The maximum atomic E-state index is 5.48. The Hall–Kier alpha value is -1.36. The van der Waals surface area contributed by atoms with Crippen molar-refractivity contribution in [2.45, 2.75) is 58.9 Å². The first-order chi connectivity index (χ1) is 8.92. The summed E-state index contributed by atoms with van der Waals surface area (Å²) in [4.78, 5) is 8.97. The van der Waals surface area contributed by atoms with Crippen LogP contribution in [0.1, 0.15) is 58.7 Å². The van der Waals surface area contributed by atoms with Crippen molar-refractivity contribution in [3.8, 4) is 0 Å². The largest absolute Gasteiger partial charge is 0.367 e. The smallest absolute Gasteiger partial charge is 0.145 e. The maximum Gasteiger partial charge on any atom is 0.145 e. The molecule has 0 bridgehead atoms. The van der Waals surface area contributed by atoms with Crippen LogP contribution in [-0.4, -0.2) is 16.0 Å². The van der Waals surface area contributed by atoms with Gasteiger partial charge >= 0.3 is 0 Å². The molecule has 2 rings (SSSR count). The van der Waals surface area contributed by atoms with Gasteiger partial charge in [-0.1, -0.05) is 34.1 Å². The van der Waals surface area contributed by atoms with Gasteiger partial charge in [-0.05, 0) is 18.3 Å². The lowest BCUT2D eigenvalue weighted by Gasteiger charge is -2.28. The summed E-state index contributed by atoms with van der Waals surface area (Å²) in [5.41, 5.74) is 2.94. The van der Waals surface area contributed by atoms with Crippen LogP contribution in [0.2, 0.25) is 0 Å². The number of hydrazine groups is 1. The van der Waals surface area contributed by atoms with Crippen LogP contribution in [0.25, 0.3) is 0 Å². The Morgan fingerprint density at radius 2 is 2.00 bits per heavy atom. The molecule has 1 unspecified atom stereocenters. The molecular formula is C14H25N5. The fourth-order valence-corrected chi connectivity index (χ4v) is 2.64. The van der Waals surface area contributed by atoms with E-state index in [1.54, 1.807) is 0 Å². The summed E-state index contributed by atoms with van der Waals surface area (Å²) in [7, 11) is 0. The first-order valence-electron chi connectivity index (χ1n) is 7.04. The molecule has 5 heteroatoms. The average molecular weight is 263 g/mol. The van der Waals surface area contributed by atoms with E-state index in [9.17, 15) is 0 Å². The number of hydrogen-bond acceptors (Lipinski definition) is 5. The number of nitrogens with two attached hydrogens (primary N) is 1. The predicted molar refractivity (Wildman–Crippen MR) is 79.0 cm³/mol. The lowest BCUT2D eigenvalue weighted by molar-refractivity contribution is 0.349. The summed E-state index contributed by atoms with van der Waals surface area (Å²) >= 11 is 0. The fourth-order valence-electron chi connectivity index (χ4n) is 2.64. The molecule has 0 saturated heterocycles. The zero-order valence-corrected chi connectivity index (χ0v) is 12.3. The number of nitrogens with one attached hydrogen (secondary N) is 2. The molecule has 1 fully saturated rings. The molecule has 1 aromatic rings. The Labute approximate surface area is 115 Å².